The molecule has 0 spiro atoms. The smallest absolute Gasteiger partial charge is 0.480 e. The molecule has 37 heavy (non-hydrogen) atoms. The van der Waals surface area contributed by atoms with Crippen LogP contribution < -0.4 is 17.0 Å². The van der Waals surface area contributed by atoms with Crippen LogP contribution in [0.5, 0.6) is 0 Å². The number of phosphoric ester groups is 1. The minimum absolute atomic E-state index is 0.0137. The third-order valence-electron chi connectivity index (χ3n) is 4.76. The molecule has 1 aromatic heterocycles. The van der Waals surface area contributed by atoms with E-state index in [1.54, 1.807) is 0 Å². The molecule has 7 atom stereocenters. The fraction of sp³-hybridized carbons (Fsp3) is 0.643. The Morgan fingerprint density at radius 3 is 2.30 bits per heavy atom. The maximum atomic E-state index is 12.3. The van der Waals surface area contributed by atoms with Gasteiger partial charge < -0.3 is 49.9 Å². The Kier molecular flexibility index (Phi) is 10.3. The highest BCUT2D eigenvalue weighted by Crippen LogP contribution is 2.66. The molecule has 0 bridgehead atoms. The Labute approximate surface area is 205 Å². The molecule has 3 unspecified atom stereocenters. The van der Waals surface area contributed by atoms with E-state index in [2.05, 4.69) is 13.1 Å². The largest absolute Gasteiger partial charge is 0.490 e. The molecule has 1 aromatic rings. The average Bonchev–Trinajstić information content (AvgIpc) is 2.99. The molecule has 212 valence electrons. The van der Waals surface area contributed by atoms with Gasteiger partial charge in [0.2, 0.25) is 0 Å². The van der Waals surface area contributed by atoms with Crippen molar-refractivity contribution < 1.29 is 71.3 Å². The van der Waals surface area contributed by atoms with Gasteiger partial charge in [0.05, 0.1) is 12.2 Å². The molecule has 1 aliphatic rings. The van der Waals surface area contributed by atoms with Gasteiger partial charge in [0.1, 0.15) is 30.5 Å². The van der Waals surface area contributed by atoms with Gasteiger partial charge in [-0.15, -0.1) is 0 Å². The number of carbonyl (C=O) groups is 1. The highest BCUT2D eigenvalue weighted by atomic mass is 31.3. The number of aliphatic carboxylic acids is 1. The maximum Gasteiger partial charge on any atom is 0.490 e. The lowest BCUT2D eigenvalue weighted by Gasteiger charge is -2.19. The molecule has 10 N–H and O–H groups in total. The number of nitrogens with zero attached hydrogens (tertiary/aromatic N) is 1. The van der Waals surface area contributed by atoms with Gasteiger partial charge in [0, 0.05) is 12.7 Å². The van der Waals surface area contributed by atoms with Crippen LogP contribution in [0.1, 0.15) is 24.5 Å². The Bertz CT molecular complexity index is 1240. The summed E-state index contributed by atoms with van der Waals surface area (Å²) in [5.74, 6) is -1.26. The first-order valence-corrected chi connectivity index (χ1v) is 14.5. The average molecular weight is 599 g/mol. The van der Waals surface area contributed by atoms with Crippen molar-refractivity contribution in [3.8, 4) is 0 Å². The van der Waals surface area contributed by atoms with Crippen molar-refractivity contribution in [1.82, 2.24) is 9.55 Å². The summed E-state index contributed by atoms with van der Waals surface area (Å²) < 4.78 is 51.6. The fourth-order valence-corrected chi connectivity index (χ4v) is 6.14. The first-order chi connectivity index (χ1) is 16.8. The van der Waals surface area contributed by atoms with Crippen molar-refractivity contribution in [3.05, 3.63) is 32.6 Å². The zero-order chi connectivity index (χ0) is 28.3. The van der Waals surface area contributed by atoms with Crippen molar-refractivity contribution in [3.63, 3.8) is 0 Å². The molecule has 0 saturated carbocycles. The molecule has 23 heteroatoms. The molecule has 2 rings (SSSR count). The molecule has 2 heterocycles. The molecular weight excluding hydrogens is 575 g/mol. The predicted octanol–water partition coefficient (Wildman–Crippen LogP) is -2.77. The van der Waals surface area contributed by atoms with Crippen molar-refractivity contribution in [2.24, 2.45) is 5.73 Å². The normalized spacial score (nSPS) is 26.4. The van der Waals surface area contributed by atoms with Crippen LogP contribution in [-0.2, 0) is 42.9 Å². The molecule has 0 amide bonds. The predicted molar refractivity (Wildman–Crippen MR) is 116 cm³/mol. The Hall–Kier alpha value is -1.60. The number of nitrogens with two attached hydrogens (primary N) is 1. The number of ether oxygens (including phenoxy) is 1. The van der Waals surface area contributed by atoms with Crippen molar-refractivity contribution in [2.75, 3.05) is 6.61 Å². The number of H-pyrrole nitrogens is 1. The molecule has 20 nitrogen and oxygen atoms in total. The van der Waals surface area contributed by atoms with Gasteiger partial charge in [-0.25, -0.2) is 18.5 Å². The molecule has 0 radical (unpaired) electrons. The highest BCUT2D eigenvalue weighted by molar-refractivity contribution is 7.66. The zero-order valence-corrected chi connectivity index (χ0v) is 21.1. The summed E-state index contributed by atoms with van der Waals surface area (Å²) >= 11 is 0. The fourth-order valence-electron chi connectivity index (χ4n) is 3.11. The second-order valence-electron chi connectivity index (χ2n) is 7.59. The third-order valence-corrected chi connectivity index (χ3v) is 8.56. The van der Waals surface area contributed by atoms with Crippen LogP contribution in [0.15, 0.2) is 15.8 Å². The lowest BCUT2D eigenvalue weighted by molar-refractivity contribution is -0.138. The van der Waals surface area contributed by atoms with Gasteiger partial charge in [-0.05, 0) is 12.8 Å². The van der Waals surface area contributed by atoms with Crippen molar-refractivity contribution in [1.29, 1.82) is 0 Å². The van der Waals surface area contributed by atoms with Crippen LogP contribution in [0.4, 0.5) is 0 Å². The molecule has 0 aromatic carbocycles. The minimum Gasteiger partial charge on any atom is -0.480 e. The monoisotopic (exact) mass is 599 g/mol. The summed E-state index contributed by atoms with van der Waals surface area (Å²) in [6, 6.07) is -1.19. The minimum atomic E-state index is -5.79. The van der Waals surface area contributed by atoms with Gasteiger partial charge in [-0.1, -0.05) is 0 Å². The molecule has 1 fully saturated rings. The first-order valence-electron chi connectivity index (χ1n) is 9.94. The number of hydrogen-bond donors (Lipinski definition) is 9. The standard InChI is InChI=1S/C14H24N3O17P3/c15-7(13(21)22)2-1-3-17-4-6(12(20)16-14(17)23)11-10(19)9(18)8(32-11)5-31-36(27,28)34-37(29,30)33-35(24,25)26/h4,7-11,18-19H,1-3,5,15H2,(H,21,22)(H,27,28)(H,29,30)(H,16,20,23)(H2,24,25,26)/t7?,8-,9-,10-,11+/m1/s1. The van der Waals surface area contributed by atoms with Crippen molar-refractivity contribution >= 4 is 29.4 Å². The van der Waals surface area contributed by atoms with Crippen LogP contribution in [0.3, 0.4) is 0 Å². The Morgan fingerprint density at radius 2 is 1.73 bits per heavy atom. The number of nitrogens with one attached hydrogen (secondary N) is 1. The molecule has 0 aliphatic carbocycles. The van der Waals surface area contributed by atoms with E-state index in [0.717, 1.165) is 10.8 Å². The van der Waals surface area contributed by atoms with E-state index in [1.807, 2.05) is 4.98 Å². The van der Waals surface area contributed by atoms with Gasteiger partial charge in [-0.2, -0.15) is 8.62 Å². The number of aryl methyl sites for hydroxylation is 1. The maximum absolute atomic E-state index is 12.3. The number of rotatable bonds is 13. The highest BCUT2D eigenvalue weighted by Gasteiger charge is 2.47. The second-order valence-corrected chi connectivity index (χ2v) is 12.0. The molecule has 1 aliphatic heterocycles. The number of aromatic nitrogens is 2. The summed E-state index contributed by atoms with van der Waals surface area (Å²) in [5.41, 5.74) is 3.12. The van der Waals surface area contributed by atoms with Crippen LogP contribution >= 0.6 is 23.5 Å². The van der Waals surface area contributed by atoms with E-state index in [9.17, 15) is 43.2 Å². The second kappa shape index (κ2) is 12.1. The van der Waals surface area contributed by atoms with E-state index >= 15 is 0 Å². The first kappa shape index (κ1) is 31.6. The summed E-state index contributed by atoms with van der Waals surface area (Å²) in [6.45, 7) is -1.20. The summed E-state index contributed by atoms with van der Waals surface area (Å²) in [6.07, 6.45) is -5.90. The number of carboxylic acid groups (broad SMARTS) is 1. The quantitative estimate of drug-likeness (QED) is 0.104. The van der Waals surface area contributed by atoms with Crippen LogP contribution in [0.2, 0.25) is 0 Å². The van der Waals surface area contributed by atoms with Crippen LogP contribution in [-0.4, -0.2) is 81.4 Å². The van der Waals surface area contributed by atoms with Gasteiger partial charge in [0.25, 0.3) is 5.56 Å². The van der Waals surface area contributed by atoms with Crippen LogP contribution in [0, 0.1) is 0 Å². The summed E-state index contributed by atoms with van der Waals surface area (Å²) in [7, 11) is -17.0. The summed E-state index contributed by atoms with van der Waals surface area (Å²) in [4.78, 5) is 72.8. The lowest BCUT2D eigenvalue weighted by Crippen LogP contribution is -2.36. The molecule has 1 saturated heterocycles. The molecular formula is C14H24N3O17P3. The van der Waals surface area contributed by atoms with Crippen molar-refractivity contribution in [2.45, 2.75) is 49.8 Å². The number of carboxylic acids is 1. The van der Waals surface area contributed by atoms with Gasteiger partial charge in [0.15, 0.2) is 0 Å². The number of hydrogen-bond acceptors (Lipinski definition) is 13. The van der Waals surface area contributed by atoms with E-state index < -0.39 is 77.8 Å². The van der Waals surface area contributed by atoms with E-state index in [0.29, 0.717) is 0 Å². The van der Waals surface area contributed by atoms with E-state index in [1.165, 1.54) is 0 Å². The zero-order valence-electron chi connectivity index (χ0n) is 18.4. The number of phosphoric acid groups is 3. The van der Waals surface area contributed by atoms with Crippen LogP contribution in [0.25, 0.3) is 0 Å². The third kappa shape index (κ3) is 9.27. The topological polar surface area (TPSA) is 328 Å². The summed E-state index contributed by atoms with van der Waals surface area (Å²) in [5, 5.41) is 29.3. The van der Waals surface area contributed by atoms with Gasteiger partial charge >= 0.3 is 35.1 Å². The van der Waals surface area contributed by atoms with E-state index in [4.69, 9.17) is 30.3 Å². The van der Waals surface area contributed by atoms with Gasteiger partial charge in [-0.3, -0.25) is 19.1 Å². The number of aromatic amines is 1. The number of aliphatic hydroxyl groups is 2. The van der Waals surface area contributed by atoms with E-state index in [-0.39, 0.29) is 24.9 Å². The Balaban J connectivity index is 2.11. The lowest BCUT2D eigenvalue weighted by atomic mass is 10.0. The SMILES string of the molecule is NC(CCCn1cc([C@@H]2O[C@H](COP(=O)(O)OP(=O)(O)OP(=O)(O)O)[C@@H](O)[C@H]2O)c(=O)[nH]c1=O)C(=O)O. The Morgan fingerprint density at radius 1 is 1.11 bits per heavy atom. The number of aliphatic hydroxyl groups excluding tert-OH is 2.